The van der Waals surface area contributed by atoms with Gasteiger partial charge in [-0.25, -0.2) is 9.37 Å². The number of ether oxygens (including phenoxy) is 1. The maximum Gasteiger partial charge on any atom is 0.254 e. The summed E-state index contributed by atoms with van der Waals surface area (Å²) in [5.41, 5.74) is 5.26. The van der Waals surface area contributed by atoms with Gasteiger partial charge in [-0.2, -0.15) is 4.98 Å². The Labute approximate surface area is 126 Å². The van der Waals surface area contributed by atoms with Crippen LogP contribution in [0, 0.1) is 5.82 Å². The van der Waals surface area contributed by atoms with Crippen molar-refractivity contribution in [3.8, 4) is 5.88 Å². The third kappa shape index (κ3) is 3.16. The van der Waals surface area contributed by atoms with Gasteiger partial charge in [-0.3, -0.25) is 9.78 Å². The fraction of sp³-hybridized carbons (Fsp3) is 0.357. The van der Waals surface area contributed by atoms with E-state index < -0.39 is 5.82 Å². The summed E-state index contributed by atoms with van der Waals surface area (Å²) in [6, 6.07) is 4.25. The van der Waals surface area contributed by atoms with Crippen LogP contribution in [-0.2, 0) is 0 Å². The Balaban J connectivity index is 1.63. The van der Waals surface area contributed by atoms with Crippen molar-refractivity contribution in [2.75, 3.05) is 23.7 Å². The van der Waals surface area contributed by atoms with Crippen LogP contribution in [0.1, 0.15) is 12.8 Å². The minimum absolute atomic E-state index is 0.0273. The molecule has 2 aromatic heterocycles. The average Bonchev–Trinajstić information content (AvgIpc) is 2.49. The van der Waals surface area contributed by atoms with E-state index in [1.54, 1.807) is 0 Å². The number of H-pyrrole nitrogens is 1. The van der Waals surface area contributed by atoms with Crippen LogP contribution in [-0.4, -0.2) is 34.1 Å². The molecule has 2 aromatic rings. The number of hydrogen-bond donors (Lipinski definition) is 2. The molecule has 116 valence electrons. The van der Waals surface area contributed by atoms with Gasteiger partial charge in [0.25, 0.3) is 11.4 Å². The molecule has 3 N–H and O–H groups in total. The zero-order valence-corrected chi connectivity index (χ0v) is 11.8. The summed E-state index contributed by atoms with van der Waals surface area (Å²) in [4.78, 5) is 23.8. The molecule has 0 bridgehead atoms. The monoisotopic (exact) mass is 305 g/mol. The standard InChI is InChI=1S/C14H16FN5O2/c15-10-2-1-5-17-13(10)22-9-3-6-20(7-4-9)11-8-12(21)19-14(16)18-11/h1-2,5,8-9H,3-4,6-7H2,(H3,16,18,19,21). The van der Waals surface area contributed by atoms with Crippen LogP contribution in [0.2, 0.25) is 0 Å². The van der Waals surface area contributed by atoms with Crippen LogP contribution in [0.5, 0.6) is 5.88 Å². The van der Waals surface area contributed by atoms with E-state index >= 15 is 0 Å². The molecule has 7 nitrogen and oxygen atoms in total. The second-order valence-corrected chi connectivity index (χ2v) is 5.08. The molecule has 0 atom stereocenters. The van der Waals surface area contributed by atoms with Crippen molar-refractivity contribution in [2.24, 2.45) is 0 Å². The molecule has 8 heteroatoms. The molecular formula is C14H16FN5O2. The number of aromatic nitrogens is 3. The molecule has 0 saturated carbocycles. The lowest BCUT2D eigenvalue weighted by atomic mass is 10.1. The number of aromatic amines is 1. The summed E-state index contributed by atoms with van der Waals surface area (Å²) >= 11 is 0. The number of nitrogens with two attached hydrogens (primary N) is 1. The largest absolute Gasteiger partial charge is 0.472 e. The van der Waals surface area contributed by atoms with Gasteiger partial charge in [-0.05, 0) is 12.1 Å². The van der Waals surface area contributed by atoms with Crippen LogP contribution in [0.15, 0.2) is 29.2 Å². The van der Waals surface area contributed by atoms with Gasteiger partial charge in [-0.15, -0.1) is 0 Å². The Morgan fingerprint density at radius 1 is 1.41 bits per heavy atom. The van der Waals surface area contributed by atoms with Gasteiger partial charge in [0.2, 0.25) is 5.95 Å². The zero-order valence-electron chi connectivity index (χ0n) is 11.8. The van der Waals surface area contributed by atoms with Gasteiger partial charge in [0.1, 0.15) is 11.9 Å². The zero-order chi connectivity index (χ0) is 15.5. The molecule has 3 heterocycles. The van der Waals surface area contributed by atoms with Gasteiger partial charge >= 0.3 is 0 Å². The molecule has 1 saturated heterocycles. The average molecular weight is 305 g/mol. The van der Waals surface area contributed by atoms with Gasteiger partial charge in [0.05, 0.1) is 0 Å². The number of nitrogen functional groups attached to an aromatic ring is 1. The van der Waals surface area contributed by atoms with E-state index in [2.05, 4.69) is 15.0 Å². The predicted molar refractivity (Wildman–Crippen MR) is 79.3 cm³/mol. The highest BCUT2D eigenvalue weighted by Crippen LogP contribution is 2.22. The Morgan fingerprint density at radius 2 is 2.18 bits per heavy atom. The van der Waals surface area contributed by atoms with Crippen LogP contribution in [0.3, 0.4) is 0 Å². The minimum atomic E-state index is -0.464. The highest BCUT2D eigenvalue weighted by molar-refractivity contribution is 5.41. The summed E-state index contributed by atoms with van der Waals surface area (Å²) in [5.74, 6) is 0.202. The summed E-state index contributed by atoms with van der Waals surface area (Å²) in [6.07, 6.45) is 2.76. The number of nitrogens with one attached hydrogen (secondary N) is 1. The van der Waals surface area contributed by atoms with Crippen molar-refractivity contribution < 1.29 is 9.13 Å². The Kier molecular flexibility index (Phi) is 3.90. The first kappa shape index (κ1) is 14.3. The van der Waals surface area contributed by atoms with Crippen molar-refractivity contribution in [1.29, 1.82) is 0 Å². The number of piperidine rings is 1. The lowest BCUT2D eigenvalue weighted by molar-refractivity contribution is 0.156. The summed E-state index contributed by atoms with van der Waals surface area (Å²) in [5, 5.41) is 0. The van der Waals surface area contributed by atoms with E-state index in [1.165, 1.54) is 24.4 Å². The number of hydrogen-bond acceptors (Lipinski definition) is 6. The van der Waals surface area contributed by atoms with Crippen molar-refractivity contribution in [2.45, 2.75) is 18.9 Å². The van der Waals surface area contributed by atoms with Gasteiger partial charge in [0.15, 0.2) is 5.82 Å². The van der Waals surface area contributed by atoms with Crippen molar-refractivity contribution in [3.05, 3.63) is 40.6 Å². The topological polar surface area (TPSA) is 97.1 Å². The first-order chi connectivity index (χ1) is 10.6. The summed E-state index contributed by atoms with van der Waals surface area (Å²) < 4.78 is 19.1. The third-order valence-corrected chi connectivity index (χ3v) is 3.52. The van der Waals surface area contributed by atoms with Crippen LogP contribution in [0.25, 0.3) is 0 Å². The highest BCUT2D eigenvalue weighted by atomic mass is 19.1. The molecule has 1 aliphatic rings. The molecule has 0 amide bonds. The molecule has 0 unspecified atom stereocenters. The molecule has 0 aliphatic carbocycles. The van der Waals surface area contributed by atoms with Crippen LogP contribution >= 0.6 is 0 Å². The highest BCUT2D eigenvalue weighted by Gasteiger charge is 2.23. The van der Waals surface area contributed by atoms with E-state index in [9.17, 15) is 9.18 Å². The maximum atomic E-state index is 13.5. The molecular weight excluding hydrogens is 289 g/mol. The second-order valence-electron chi connectivity index (χ2n) is 5.08. The second kappa shape index (κ2) is 6.00. The molecule has 0 aromatic carbocycles. The smallest absolute Gasteiger partial charge is 0.254 e. The van der Waals surface area contributed by atoms with Crippen molar-refractivity contribution in [3.63, 3.8) is 0 Å². The van der Waals surface area contributed by atoms with E-state index in [4.69, 9.17) is 10.5 Å². The minimum Gasteiger partial charge on any atom is -0.472 e. The van der Waals surface area contributed by atoms with Crippen molar-refractivity contribution in [1.82, 2.24) is 15.0 Å². The lowest BCUT2D eigenvalue weighted by Gasteiger charge is -2.32. The van der Waals surface area contributed by atoms with Crippen molar-refractivity contribution >= 4 is 11.8 Å². The van der Waals surface area contributed by atoms with Crippen LogP contribution in [0.4, 0.5) is 16.2 Å². The van der Waals surface area contributed by atoms with E-state index in [-0.39, 0.29) is 23.5 Å². The normalized spacial score (nSPS) is 15.8. The lowest BCUT2D eigenvalue weighted by Crippen LogP contribution is -2.39. The third-order valence-electron chi connectivity index (χ3n) is 3.52. The summed E-state index contributed by atoms with van der Waals surface area (Å²) in [6.45, 7) is 1.30. The van der Waals surface area contributed by atoms with Gasteiger partial charge in [-0.1, -0.05) is 0 Å². The number of rotatable bonds is 3. The molecule has 1 aliphatic heterocycles. The molecule has 0 spiro atoms. The fourth-order valence-electron chi connectivity index (χ4n) is 2.44. The SMILES string of the molecule is Nc1nc(N2CCC(Oc3ncccc3F)CC2)cc(=O)[nH]1. The van der Waals surface area contributed by atoms with Gasteiger partial charge < -0.3 is 15.4 Å². The van der Waals surface area contributed by atoms with Gasteiger partial charge in [0, 0.05) is 38.2 Å². The van der Waals surface area contributed by atoms with E-state index in [0.717, 1.165) is 0 Å². The quantitative estimate of drug-likeness (QED) is 0.875. The first-order valence-corrected chi connectivity index (χ1v) is 7.01. The van der Waals surface area contributed by atoms with E-state index in [1.807, 2.05) is 4.90 Å². The molecule has 1 fully saturated rings. The Morgan fingerprint density at radius 3 is 2.86 bits per heavy atom. The van der Waals surface area contributed by atoms with Crippen LogP contribution < -0.4 is 20.9 Å². The number of anilines is 2. The predicted octanol–water partition coefficient (Wildman–Crippen LogP) is 0.934. The molecule has 0 radical (unpaired) electrons. The molecule has 22 heavy (non-hydrogen) atoms. The Hall–Kier alpha value is -2.64. The Bertz CT molecular complexity index is 712. The van der Waals surface area contributed by atoms with E-state index in [0.29, 0.717) is 31.7 Å². The summed E-state index contributed by atoms with van der Waals surface area (Å²) in [7, 11) is 0. The number of nitrogens with zero attached hydrogens (tertiary/aromatic N) is 3. The maximum absolute atomic E-state index is 13.5. The number of halogens is 1. The molecule has 3 rings (SSSR count). The first-order valence-electron chi connectivity index (χ1n) is 7.01. The fourth-order valence-corrected chi connectivity index (χ4v) is 2.44. The number of pyridine rings is 1.